The average Bonchev–Trinajstić information content (AvgIpc) is 3.17. The van der Waals surface area contributed by atoms with Crippen LogP contribution in [0, 0.1) is 5.92 Å². The van der Waals surface area contributed by atoms with Crippen molar-refractivity contribution in [2.45, 2.75) is 19.4 Å². The summed E-state index contributed by atoms with van der Waals surface area (Å²) >= 11 is 6.05. The fourth-order valence-electron chi connectivity index (χ4n) is 3.35. The number of hydrogen-bond acceptors (Lipinski definition) is 5. The molecule has 1 saturated heterocycles. The minimum atomic E-state index is 0.0207. The molecule has 1 aliphatic heterocycles. The molecule has 7 nitrogen and oxygen atoms in total. The average molecular weight is 383 g/mol. The highest BCUT2D eigenvalue weighted by Crippen LogP contribution is 2.23. The highest BCUT2D eigenvalue weighted by atomic mass is 35.5. The summed E-state index contributed by atoms with van der Waals surface area (Å²) in [7, 11) is 0. The van der Waals surface area contributed by atoms with E-state index in [0.717, 1.165) is 43.7 Å². The van der Waals surface area contributed by atoms with E-state index in [1.807, 2.05) is 40.0 Å². The van der Waals surface area contributed by atoms with E-state index in [4.69, 9.17) is 11.6 Å². The van der Waals surface area contributed by atoms with E-state index < -0.39 is 0 Å². The van der Waals surface area contributed by atoms with Crippen LogP contribution in [-0.4, -0.2) is 49.1 Å². The van der Waals surface area contributed by atoms with Crippen LogP contribution in [0.15, 0.2) is 48.9 Å². The van der Waals surface area contributed by atoms with Gasteiger partial charge in [-0.25, -0.2) is 0 Å². The molecule has 0 saturated carbocycles. The van der Waals surface area contributed by atoms with Gasteiger partial charge in [0, 0.05) is 30.2 Å². The van der Waals surface area contributed by atoms with Gasteiger partial charge in [0.05, 0.1) is 24.2 Å². The molecule has 1 aromatic carbocycles. The van der Waals surface area contributed by atoms with Crippen molar-refractivity contribution in [3.63, 3.8) is 0 Å². The van der Waals surface area contributed by atoms with Crippen molar-refractivity contribution in [3.8, 4) is 11.3 Å². The Bertz CT molecular complexity index is 921. The van der Waals surface area contributed by atoms with Crippen LogP contribution in [0.25, 0.3) is 11.3 Å². The van der Waals surface area contributed by atoms with Crippen molar-refractivity contribution in [2.24, 2.45) is 5.92 Å². The normalized spacial score (nSPS) is 15.1. The largest absolute Gasteiger partial charge is 0.339 e. The summed E-state index contributed by atoms with van der Waals surface area (Å²) in [5.41, 5.74) is 2.36. The molecule has 8 heteroatoms. The molecule has 0 bridgehead atoms. The summed E-state index contributed by atoms with van der Waals surface area (Å²) in [5, 5.41) is 16.7. The Morgan fingerprint density at radius 2 is 2.04 bits per heavy atom. The third kappa shape index (κ3) is 4.14. The van der Waals surface area contributed by atoms with Crippen LogP contribution in [0.5, 0.6) is 0 Å². The lowest BCUT2D eigenvalue weighted by Crippen LogP contribution is -2.39. The Labute approximate surface area is 162 Å². The zero-order valence-electron chi connectivity index (χ0n) is 14.7. The number of rotatable bonds is 4. The number of carbonyl (C=O) groups is 1. The van der Waals surface area contributed by atoms with Crippen molar-refractivity contribution in [1.82, 2.24) is 30.1 Å². The van der Waals surface area contributed by atoms with Crippen molar-refractivity contribution in [2.75, 3.05) is 13.1 Å². The lowest BCUT2D eigenvalue weighted by atomic mass is 9.96. The first-order valence-corrected chi connectivity index (χ1v) is 9.29. The fourth-order valence-corrected chi connectivity index (χ4v) is 3.54. The van der Waals surface area contributed by atoms with E-state index >= 15 is 0 Å². The maximum absolute atomic E-state index is 12.5. The first-order chi connectivity index (χ1) is 13.2. The Morgan fingerprint density at radius 3 is 2.78 bits per heavy atom. The molecule has 3 heterocycles. The van der Waals surface area contributed by atoms with E-state index in [1.165, 1.54) is 6.20 Å². The molecule has 138 valence electrons. The van der Waals surface area contributed by atoms with Crippen molar-refractivity contribution in [1.29, 1.82) is 0 Å². The first kappa shape index (κ1) is 17.6. The number of aromatic nitrogens is 5. The first-order valence-electron chi connectivity index (χ1n) is 8.91. The molecule has 27 heavy (non-hydrogen) atoms. The second-order valence-corrected chi connectivity index (χ2v) is 7.14. The summed E-state index contributed by atoms with van der Waals surface area (Å²) in [6, 6.07) is 9.30. The SMILES string of the molecule is O=C(c1ccnnc1)N1CCC(Cn2cc(-c3cccc(Cl)c3)nn2)CC1. The summed E-state index contributed by atoms with van der Waals surface area (Å²) in [4.78, 5) is 14.4. The molecule has 0 N–H and O–H groups in total. The number of amides is 1. The monoisotopic (exact) mass is 382 g/mol. The summed E-state index contributed by atoms with van der Waals surface area (Å²) in [6.45, 7) is 2.27. The Kier molecular flexibility index (Phi) is 5.11. The highest BCUT2D eigenvalue weighted by Gasteiger charge is 2.24. The third-order valence-corrected chi connectivity index (χ3v) is 5.07. The molecular formula is C19H19ClN6O. The van der Waals surface area contributed by atoms with Crippen LogP contribution in [0.4, 0.5) is 0 Å². The van der Waals surface area contributed by atoms with Gasteiger partial charge in [0.15, 0.2) is 0 Å². The van der Waals surface area contributed by atoms with Crippen molar-refractivity contribution in [3.05, 3.63) is 59.5 Å². The fraction of sp³-hybridized carbons (Fsp3) is 0.316. The zero-order valence-corrected chi connectivity index (χ0v) is 15.5. The minimum absolute atomic E-state index is 0.0207. The van der Waals surface area contributed by atoms with Crippen LogP contribution in [0.1, 0.15) is 23.2 Å². The summed E-state index contributed by atoms with van der Waals surface area (Å²) in [5.74, 6) is 0.492. The predicted octanol–water partition coefficient (Wildman–Crippen LogP) is 2.94. The maximum atomic E-state index is 12.5. The van der Waals surface area contributed by atoms with E-state index in [-0.39, 0.29) is 5.91 Å². The second kappa shape index (κ2) is 7.84. The van der Waals surface area contributed by atoms with Crippen LogP contribution < -0.4 is 0 Å². The minimum Gasteiger partial charge on any atom is -0.339 e. The summed E-state index contributed by atoms with van der Waals surface area (Å²) < 4.78 is 1.88. The molecule has 2 aromatic heterocycles. The Balaban J connectivity index is 1.34. The number of likely N-dealkylation sites (tertiary alicyclic amines) is 1. The van der Waals surface area contributed by atoms with Gasteiger partial charge in [-0.15, -0.1) is 5.10 Å². The molecule has 3 aromatic rings. The van der Waals surface area contributed by atoms with Crippen LogP contribution in [-0.2, 0) is 6.54 Å². The summed E-state index contributed by atoms with van der Waals surface area (Å²) in [6.07, 6.45) is 6.89. The van der Waals surface area contributed by atoms with Gasteiger partial charge >= 0.3 is 0 Å². The number of benzene rings is 1. The molecular weight excluding hydrogens is 364 g/mol. The highest BCUT2D eigenvalue weighted by molar-refractivity contribution is 6.30. The van der Waals surface area contributed by atoms with Gasteiger partial charge in [0.25, 0.3) is 5.91 Å². The Hall–Kier alpha value is -2.80. The lowest BCUT2D eigenvalue weighted by Gasteiger charge is -2.31. The van der Waals surface area contributed by atoms with Crippen LogP contribution in [0.2, 0.25) is 5.02 Å². The molecule has 1 aliphatic rings. The van der Waals surface area contributed by atoms with E-state index in [2.05, 4.69) is 20.5 Å². The van der Waals surface area contributed by atoms with E-state index in [9.17, 15) is 4.79 Å². The van der Waals surface area contributed by atoms with E-state index in [0.29, 0.717) is 16.5 Å². The van der Waals surface area contributed by atoms with Crippen molar-refractivity contribution >= 4 is 17.5 Å². The quantitative estimate of drug-likeness (QED) is 0.693. The molecule has 0 aliphatic carbocycles. The molecule has 4 rings (SSSR count). The smallest absolute Gasteiger partial charge is 0.255 e. The molecule has 1 amide bonds. The second-order valence-electron chi connectivity index (χ2n) is 6.70. The van der Waals surface area contributed by atoms with Gasteiger partial charge < -0.3 is 4.90 Å². The Morgan fingerprint density at radius 1 is 1.19 bits per heavy atom. The van der Waals surface area contributed by atoms with E-state index in [1.54, 1.807) is 12.3 Å². The number of carbonyl (C=O) groups excluding carboxylic acids is 1. The number of hydrogen-bond donors (Lipinski definition) is 0. The zero-order chi connectivity index (χ0) is 18.6. The van der Waals surface area contributed by atoms with Gasteiger partial charge in [0.2, 0.25) is 0 Å². The van der Waals surface area contributed by atoms with Crippen LogP contribution in [0.3, 0.4) is 0 Å². The van der Waals surface area contributed by atoms with Crippen LogP contribution >= 0.6 is 11.6 Å². The number of piperidine rings is 1. The lowest BCUT2D eigenvalue weighted by molar-refractivity contribution is 0.0680. The topological polar surface area (TPSA) is 76.8 Å². The number of nitrogens with zero attached hydrogens (tertiary/aromatic N) is 6. The van der Waals surface area contributed by atoms with Gasteiger partial charge in [-0.05, 0) is 37.0 Å². The molecule has 0 atom stereocenters. The van der Waals surface area contributed by atoms with Gasteiger partial charge in [-0.3, -0.25) is 9.48 Å². The van der Waals surface area contributed by atoms with Gasteiger partial charge in [0.1, 0.15) is 5.69 Å². The van der Waals surface area contributed by atoms with Crippen molar-refractivity contribution < 1.29 is 4.79 Å². The molecule has 0 radical (unpaired) electrons. The predicted molar refractivity (Wildman–Crippen MR) is 101 cm³/mol. The number of halogens is 1. The van der Waals surface area contributed by atoms with Gasteiger partial charge in [-0.2, -0.15) is 10.2 Å². The molecule has 1 fully saturated rings. The van der Waals surface area contributed by atoms with Gasteiger partial charge in [-0.1, -0.05) is 28.9 Å². The standard InChI is InChI=1S/C19H19ClN6O/c20-17-3-1-2-15(10-17)18-13-26(24-23-18)12-14-5-8-25(9-6-14)19(27)16-4-7-21-22-11-16/h1-4,7,10-11,13-14H,5-6,8-9,12H2. The molecule has 0 unspecified atom stereocenters. The third-order valence-electron chi connectivity index (χ3n) is 4.84. The molecule has 0 spiro atoms. The maximum Gasteiger partial charge on any atom is 0.255 e.